The van der Waals surface area contributed by atoms with Crippen molar-refractivity contribution in [2.24, 2.45) is 0 Å². The predicted molar refractivity (Wildman–Crippen MR) is 132 cm³/mol. The lowest BCUT2D eigenvalue weighted by atomic mass is 9.74. The van der Waals surface area contributed by atoms with Gasteiger partial charge in [0.25, 0.3) is 0 Å². The molecule has 2 amide bonds. The standard InChI is InChI=1S/C27H33N3O5/c1-29(2)14-15-30(17-25(32)33)24(31)16-27(12-7-13-27)28-26(34)35-18-23-21-10-5-3-8-19(21)20-9-4-6-11-22(20)23/h3-6,8-11,23H,7,12-18H2,1-2H3,(H,28,34)(H,32,33). The minimum Gasteiger partial charge on any atom is -0.480 e. The Morgan fingerprint density at radius 2 is 1.60 bits per heavy atom. The molecule has 35 heavy (non-hydrogen) atoms. The molecule has 0 bridgehead atoms. The van der Waals surface area contributed by atoms with Gasteiger partial charge in [-0.05, 0) is 55.6 Å². The molecule has 1 saturated carbocycles. The maximum absolute atomic E-state index is 13.0. The summed E-state index contributed by atoms with van der Waals surface area (Å²) in [5.41, 5.74) is 3.92. The molecule has 2 aromatic rings. The minimum atomic E-state index is -1.05. The van der Waals surface area contributed by atoms with E-state index in [0.29, 0.717) is 25.9 Å². The number of carbonyl (C=O) groups excluding carboxylic acids is 2. The highest BCUT2D eigenvalue weighted by atomic mass is 16.5. The third-order valence-corrected chi connectivity index (χ3v) is 7.01. The van der Waals surface area contributed by atoms with Crippen LogP contribution < -0.4 is 5.32 Å². The first-order valence-electron chi connectivity index (χ1n) is 12.1. The number of fused-ring (bicyclic) bond motifs is 3. The zero-order valence-corrected chi connectivity index (χ0v) is 20.3. The second-order valence-corrected chi connectivity index (χ2v) is 9.77. The van der Waals surface area contributed by atoms with E-state index in [-0.39, 0.29) is 31.4 Å². The first-order chi connectivity index (χ1) is 16.8. The van der Waals surface area contributed by atoms with Gasteiger partial charge in [0.15, 0.2) is 0 Å². The fourth-order valence-corrected chi connectivity index (χ4v) is 4.98. The van der Waals surface area contributed by atoms with E-state index in [0.717, 1.165) is 28.7 Å². The molecule has 0 radical (unpaired) electrons. The van der Waals surface area contributed by atoms with Crippen molar-refractivity contribution in [3.8, 4) is 11.1 Å². The van der Waals surface area contributed by atoms with Gasteiger partial charge in [0, 0.05) is 19.0 Å². The van der Waals surface area contributed by atoms with E-state index < -0.39 is 17.6 Å². The van der Waals surface area contributed by atoms with Crippen molar-refractivity contribution in [1.29, 1.82) is 0 Å². The predicted octanol–water partition coefficient (Wildman–Crippen LogP) is 3.31. The van der Waals surface area contributed by atoms with Crippen LogP contribution in [0, 0.1) is 0 Å². The first kappa shape index (κ1) is 24.7. The lowest BCUT2D eigenvalue weighted by Crippen LogP contribution is -2.56. The number of nitrogens with zero attached hydrogens (tertiary/aromatic N) is 2. The highest BCUT2D eigenvalue weighted by Gasteiger charge is 2.42. The number of carbonyl (C=O) groups is 3. The van der Waals surface area contributed by atoms with Gasteiger partial charge in [-0.2, -0.15) is 0 Å². The number of rotatable bonds is 10. The van der Waals surface area contributed by atoms with Crippen LogP contribution in [0.3, 0.4) is 0 Å². The van der Waals surface area contributed by atoms with E-state index in [1.165, 1.54) is 4.90 Å². The summed E-state index contributed by atoms with van der Waals surface area (Å²) in [5.74, 6) is -1.36. The summed E-state index contributed by atoms with van der Waals surface area (Å²) in [6.07, 6.45) is 1.75. The fourth-order valence-electron chi connectivity index (χ4n) is 4.98. The quantitative estimate of drug-likeness (QED) is 0.543. The second-order valence-electron chi connectivity index (χ2n) is 9.77. The minimum absolute atomic E-state index is 0.0378. The van der Waals surface area contributed by atoms with Crippen molar-refractivity contribution in [2.75, 3.05) is 40.3 Å². The van der Waals surface area contributed by atoms with Crippen LogP contribution in [0.4, 0.5) is 4.79 Å². The van der Waals surface area contributed by atoms with Gasteiger partial charge in [-0.1, -0.05) is 48.5 Å². The largest absolute Gasteiger partial charge is 0.480 e. The number of likely N-dealkylation sites (N-methyl/N-ethyl adjacent to an activating group) is 1. The second kappa shape index (κ2) is 10.5. The highest BCUT2D eigenvalue weighted by molar-refractivity contribution is 5.83. The Kier molecular flexibility index (Phi) is 7.40. The third kappa shape index (κ3) is 5.65. The number of carboxylic acids is 1. The van der Waals surface area contributed by atoms with Crippen molar-refractivity contribution >= 4 is 18.0 Å². The molecule has 8 nitrogen and oxygen atoms in total. The fraction of sp³-hybridized carbons (Fsp3) is 0.444. The van der Waals surface area contributed by atoms with E-state index in [4.69, 9.17) is 4.74 Å². The maximum atomic E-state index is 13.0. The molecule has 2 N–H and O–H groups in total. The van der Waals surface area contributed by atoms with Crippen LogP contribution in [0.1, 0.15) is 42.7 Å². The molecule has 8 heteroatoms. The number of carboxylic acid groups (broad SMARTS) is 1. The molecule has 0 saturated heterocycles. The average Bonchev–Trinajstić information content (AvgIpc) is 3.12. The van der Waals surface area contributed by atoms with Crippen LogP contribution in [-0.4, -0.2) is 78.8 Å². The normalized spacial score (nSPS) is 15.6. The summed E-state index contributed by atoms with van der Waals surface area (Å²) in [4.78, 5) is 40.3. The van der Waals surface area contributed by atoms with Crippen molar-refractivity contribution < 1.29 is 24.2 Å². The van der Waals surface area contributed by atoms with Gasteiger partial charge in [0.2, 0.25) is 5.91 Å². The van der Waals surface area contributed by atoms with Crippen LogP contribution in [0.2, 0.25) is 0 Å². The summed E-state index contributed by atoms with van der Waals surface area (Å²) in [6, 6.07) is 16.3. The van der Waals surface area contributed by atoms with E-state index >= 15 is 0 Å². The smallest absolute Gasteiger partial charge is 0.407 e. The van der Waals surface area contributed by atoms with Gasteiger partial charge in [0.05, 0.1) is 12.0 Å². The molecule has 4 rings (SSSR count). The molecular weight excluding hydrogens is 446 g/mol. The molecule has 0 aromatic heterocycles. The van der Waals surface area contributed by atoms with Gasteiger partial charge in [-0.15, -0.1) is 0 Å². The first-order valence-corrected chi connectivity index (χ1v) is 12.1. The third-order valence-electron chi connectivity index (χ3n) is 7.01. The van der Waals surface area contributed by atoms with E-state index in [1.54, 1.807) is 0 Å². The lowest BCUT2D eigenvalue weighted by Gasteiger charge is -2.42. The van der Waals surface area contributed by atoms with Crippen LogP contribution in [-0.2, 0) is 14.3 Å². The van der Waals surface area contributed by atoms with Crippen LogP contribution in [0.5, 0.6) is 0 Å². The molecular formula is C27H33N3O5. The molecule has 186 valence electrons. The van der Waals surface area contributed by atoms with Gasteiger partial charge >= 0.3 is 12.1 Å². The molecule has 1 fully saturated rings. The Bertz CT molecular complexity index is 1050. The Labute approximate surface area is 205 Å². The topological polar surface area (TPSA) is 99.2 Å². The number of benzene rings is 2. The summed E-state index contributed by atoms with van der Waals surface area (Å²) in [7, 11) is 3.74. The Balaban J connectivity index is 1.38. The van der Waals surface area contributed by atoms with Gasteiger partial charge in [-0.25, -0.2) is 4.79 Å². The summed E-state index contributed by atoms with van der Waals surface area (Å²) < 4.78 is 5.68. The molecule has 0 atom stereocenters. The number of amides is 2. The van der Waals surface area contributed by atoms with Crippen molar-refractivity contribution in [3.05, 3.63) is 59.7 Å². The van der Waals surface area contributed by atoms with E-state index in [1.807, 2.05) is 43.3 Å². The zero-order valence-electron chi connectivity index (χ0n) is 20.3. The molecule has 2 aliphatic rings. The Morgan fingerprint density at radius 1 is 1.00 bits per heavy atom. The zero-order chi connectivity index (χ0) is 25.0. The maximum Gasteiger partial charge on any atom is 0.407 e. The number of ether oxygens (including phenoxy) is 1. The highest BCUT2D eigenvalue weighted by Crippen LogP contribution is 2.44. The average molecular weight is 480 g/mol. The van der Waals surface area contributed by atoms with Crippen molar-refractivity contribution in [1.82, 2.24) is 15.1 Å². The Morgan fingerprint density at radius 3 is 2.11 bits per heavy atom. The molecule has 0 heterocycles. The number of aliphatic carboxylic acids is 1. The molecule has 0 spiro atoms. The molecule has 2 aromatic carbocycles. The number of alkyl carbamates (subject to hydrolysis) is 1. The molecule has 0 aliphatic heterocycles. The van der Waals surface area contributed by atoms with Crippen LogP contribution in [0.25, 0.3) is 11.1 Å². The summed E-state index contributed by atoms with van der Waals surface area (Å²) >= 11 is 0. The lowest BCUT2D eigenvalue weighted by molar-refractivity contribution is -0.145. The van der Waals surface area contributed by atoms with Crippen LogP contribution in [0.15, 0.2) is 48.5 Å². The number of hydrogen-bond donors (Lipinski definition) is 2. The van der Waals surface area contributed by atoms with Crippen molar-refractivity contribution in [3.63, 3.8) is 0 Å². The SMILES string of the molecule is CN(C)CCN(CC(=O)O)C(=O)CC1(NC(=O)OCC2c3ccccc3-c3ccccc32)CCC1. The number of nitrogens with one attached hydrogen (secondary N) is 1. The number of hydrogen-bond acceptors (Lipinski definition) is 5. The molecule has 2 aliphatic carbocycles. The van der Waals surface area contributed by atoms with Gasteiger partial charge in [-0.3, -0.25) is 9.59 Å². The Hall–Kier alpha value is -3.39. The van der Waals surface area contributed by atoms with Crippen LogP contribution >= 0.6 is 0 Å². The summed E-state index contributed by atoms with van der Waals surface area (Å²) in [6.45, 7) is 0.733. The monoisotopic (exact) mass is 479 g/mol. The van der Waals surface area contributed by atoms with Gasteiger partial charge in [0.1, 0.15) is 13.2 Å². The van der Waals surface area contributed by atoms with Crippen molar-refractivity contribution in [2.45, 2.75) is 37.1 Å². The summed E-state index contributed by atoms with van der Waals surface area (Å²) in [5, 5.41) is 12.2. The van der Waals surface area contributed by atoms with E-state index in [2.05, 4.69) is 29.6 Å². The molecule has 0 unspecified atom stereocenters. The van der Waals surface area contributed by atoms with E-state index in [9.17, 15) is 19.5 Å². The van der Waals surface area contributed by atoms with Gasteiger partial charge < -0.3 is 25.0 Å².